The Labute approximate surface area is 169 Å². The van der Waals surface area contributed by atoms with Gasteiger partial charge in [-0.3, -0.25) is 0 Å². The minimum atomic E-state index is 0. The quantitative estimate of drug-likeness (QED) is 0.191. The van der Waals surface area contributed by atoms with Crippen molar-refractivity contribution in [1.82, 2.24) is 0 Å². The van der Waals surface area contributed by atoms with Crippen LogP contribution in [0.25, 0.3) is 0 Å². The molecule has 0 N–H and O–H groups in total. The van der Waals surface area contributed by atoms with Gasteiger partial charge in [0.2, 0.25) is 0 Å². The Bertz CT molecular complexity index is 127. The maximum atomic E-state index is 2.92. The van der Waals surface area contributed by atoms with E-state index in [1.165, 1.54) is 0 Å². The molecular weight excluding hydrogens is 896 g/mol. The smallest absolute Gasteiger partial charge is 4.00 e. The van der Waals surface area contributed by atoms with Gasteiger partial charge >= 0.3 is 148 Å². The molecule has 0 rings (SSSR count). The summed E-state index contributed by atoms with van der Waals surface area (Å²) in [6.45, 7) is 0. The van der Waals surface area contributed by atoms with Crippen molar-refractivity contribution in [2.45, 2.75) is 0 Å². The van der Waals surface area contributed by atoms with Gasteiger partial charge in [0.1, 0.15) is 0 Å². The van der Waals surface area contributed by atoms with Crippen molar-refractivity contribution in [2.75, 3.05) is 0 Å². The molecule has 0 unspecified atom stereocenters. The van der Waals surface area contributed by atoms with E-state index in [4.69, 9.17) is 0 Å². The molecule has 0 aromatic carbocycles. The average molecular weight is 902 g/mol. The van der Waals surface area contributed by atoms with Gasteiger partial charge in [-0.05, 0) is 0 Å². The Morgan fingerprint density at radius 3 is 1.08 bits per heavy atom. The largest absolute Gasteiger partial charge is 4.00 e. The van der Waals surface area contributed by atoms with Gasteiger partial charge in [0.15, 0.2) is 0 Å². The number of hydrogen-bond donors (Lipinski definition) is 0. The van der Waals surface area contributed by atoms with E-state index in [9.17, 15) is 0 Å². The summed E-state index contributed by atoms with van der Waals surface area (Å²) in [6.07, 6.45) is 3.92. The Balaban J connectivity index is -0.0000000267. The van der Waals surface area contributed by atoms with Crippen molar-refractivity contribution < 1.29 is 51.0 Å². The monoisotopic (exact) mass is 898 g/mol. The summed E-state index contributed by atoms with van der Waals surface area (Å²) < 4.78 is 10.0. The van der Waals surface area contributed by atoms with Crippen LogP contribution in [-0.4, -0.2) is 102 Å². The van der Waals surface area contributed by atoms with Crippen LogP contribution in [0.2, 0.25) is 0 Å². The predicted molar refractivity (Wildman–Crippen MR) is 54.1 cm³/mol. The minimum Gasteiger partial charge on any atom is 4.00 e. The van der Waals surface area contributed by atoms with E-state index in [1.54, 1.807) is 45.1 Å². The summed E-state index contributed by atoms with van der Waals surface area (Å²) in [7, 11) is 0. The van der Waals surface area contributed by atoms with Crippen LogP contribution in [0.1, 0.15) is 0 Å². The Morgan fingerprint density at radius 2 is 1.08 bits per heavy atom. The van der Waals surface area contributed by atoms with Gasteiger partial charge in [0.25, 0.3) is 0 Å². The molecule has 0 aliphatic rings. The number of allylic oxidation sites excluding steroid dienone is 2. The van der Waals surface area contributed by atoms with E-state index in [1.807, 2.05) is 12.2 Å². The topological polar surface area (TPSA) is 0 Å². The maximum Gasteiger partial charge on any atom is 4.00 e. The fourth-order valence-corrected chi connectivity index (χ4v) is 4.39. The first-order valence-electron chi connectivity index (χ1n) is 2.27. The first kappa shape index (κ1) is 30.3. The number of halogens is 2. The van der Waals surface area contributed by atoms with Gasteiger partial charge in [0.05, 0.1) is 0 Å². The summed E-state index contributed by atoms with van der Waals surface area (Å²) in [6, 6.07) is 0. The van der Waals surface area contributed by atoms with Crippen molar-refractivity contribution >= 4 is 102 Å². The number of hydrogen-bond acceptors (Lipinski definition) is 0. The first-order valence-corrected chi connectivity index (χ1v) is 9.31. The Morgan fingerprint density at radius 1 is 0.846 bits per heavy atom. The molecule has 0 saturated heterocycles. The summed E-state index contributed by atoms with van der Waals surface area (Å²) in [5, 5.41) is 0. The second kappa shape index (κ2) is 36.0. The average Bonchev–Trinajstić information content (AvgIpc) is 1.93. The zero-order valence-electron chi connectivity index (χ0n) is 6.46. The summed E-state index contributed by atoms with van der Waals surface area (Å²) in [5.41, 5.74) is 0. The van der Waals surface area contributed by atoms with Crippen molar-refractivity contribution in [1.29, 1.82) is 0 Å². The van der Waals surface area contributed by atoms with Crippen molar-refractivity contribution in [3.8, 4) is 0 Å². The summed E-state index contributed by atoms with van der Waals surface area (Å²) in [5.74, 6) is 0. The number of rotatable bonds is 2. The first-order chi connectivity index (χ1) is 4.83. The van der Waals surface area contributed by atoms with Crippen LogP contribution in [0, 0.1) is 0 Å². The van der Waals surface area contributed by atoms with Crippen molar-refractivity contribution in [3.05, 3.63) is 19.7 Å². The molecule has 13 heavy (non-hydrogen) atoms. The van der Waals surface area contributed by atoms with Crippen LogP contribution in [0.5, 0.6) is 0 Å². The van der Waals surface area contributed by atoms with E-state index < -0.39 is 0 Å². The Hall–Kier alpha value is 4.09. The minimum absolute atomic E-state index is 0. The van der Waals surface area contributed by atoms with Crippen LogP contribution in [-0.2, 0) is 26.2 Å². The SMILES string of the molecule is [Cl-].[Cl-].[Sb]=[C-]C=[CH][BiH].[Sb]=[C-]C=[CH][BiH].[Zr+4]. The van der Waals surface area contributed by atoms with Gasteiger partial charge < -0.3 is 24.8 Å². The van der Waals surface area contributed by atoms with Crippen LogP contribution in [0.3, 0.4) is 0 Å². The van der Waals surface area contributed by atoms with Gasteiger partial charge in [-0.1, -0.05) is 0 Å². The van der Waals surface area contributed by atoms with Gasteiger partial charge in [-0.15, -0.1) is 0 Å². The molecule has 0 aromatic heterocycles. The fourth-order valence-electron chi connectivity index (χ4n) is 0.0745. The zero-order chi connectivity index (χ0) is 8.24. The van der Waals surface area contributed by atoms with Crippen LogP contribution < -0.4 is 24.8 Å². The summed E-state index contributed by atoms with van der Waals surface area (Å²) >= 11 is 5.54. The van der Waals surface area contributed by atoms with Gasteiger partial charge in [-0.2, -0.15) is 0 Å². The predicted octanol–water partition coefficient (Wildman–Crippen LogP) is -7.50. The molecule has 0 nitrogen and oxygen atoms in total. The van der Waals surface area contributed by atoms with Crippen LogP contribution in [0.15, 0.2) is 19.7 Å². The van der Waals surface area contributed by atoms with Gasteiger partial charge in [-0.25, -0.2) is 0 Å². The van der Waals surface area contributed by atoms with Crippen LogP contribution >= 0.6 is 0 Å². The molecule has 0 fully saturated rings. The molecule has 0 aliphatic heterocycles. The molecular formula is C6H6Bi2Cl2Sb2Zr. The molecule has 0 saturated carbocycles. The van der Waals surface area contributed by atoms with E-state index in [0.29, 0.717) is 0 Å². The van der Waals surface area contributed by atoms with E-state index in [0.717, 1.165) is 49.4 Å². The molecule has 0 bridgehead atoms. The molecule has 4 radical (unpaired) electrons. The molecule has 0 aromatic rings. The summed E-state index contributed by atoms with van der Waals surface area (Å²) in [4.78, 5) is 0. The molecule has 7 heteroatoms. The molecule has 0 aliphatic carbocycles. The molecule has 0 amide bonds. The van der Waals surface area contributed by atoms with E-state index in [2.05, 4.69) is 15.5 Å². The normalized spacial score (nSPS) is 6.92. The molecule has 0 spiro atoms. The van der Waals surface area contributed by atoms with Crippen molar-refractivity contribution in [2.24, 2.45) is 0 Å². The molecule has 0 atom stereocenters. The zero-order valence-corrected chi connectivity index (χ0v) is 23.3. The van der Waals surface area contributed by atoms with E-state index in [-0.39, 0.29) is 51.0 Å². The molecule has 0 heterocycles. The third-order valence-corrected chi connectivity index (χ3v) is 2.46. The third-order valence-electron chi connectivity index (χ3n) is 0.316. The third kappa shape index (κ3) is 48.8. The molecule has 68 valence electrons. The standard InChI is InChI=1S/2C3H2.2Bi.2ClH.2Sb.Zr.2H/c2*1-3-2;;;;;;;;;/h2*1,3H;;;2*1H;;;;;/q2*-1;;;;;;;+4;;/p-2. The van der Waals surface area contributed by atoms with E-state index >= 15 is 0 Å². The van der Waals surface area contributed by atoms with Crippen molar-refractivity contribution in [3.63, 3.8) is 0 Å². The second-order valence-electron chi connectivity index (χ2n) is 0.925. The second-order valence-corrected chi connectivity index (χ2v) is 4.99. The fraction of sp³-hybridized carbons (Fsp3) is 0. The van der Waals surface area contributed by atoms with Crippen LogP contribution in [0.4, 0.5) is 0 Å². The maximum absolute atomic E-state index is 2.92. The van der Waals surface area contributed by atoms with Gasteiger partial charge in [0, 0.05) is 0 Å². The Kier molecular flexibility index (Phi) is 83.8.